The molecule has 3 N–H and O–H groups in total. The zero-order chi connectivity index (χ0) is 13.9. The third-order valence-electron chi connectivity index (χ3n) is 3.31. The lowest BCUT2D eigenvalue weighted by Gasteiger charge is -2.13. The highest BCUT2D eigenvalue weighted by molar-refractivity contribution is 6.28. The Kier molecular flexibility index (Phi) is 3.71. The van der Waals surface area contributed by atoms with Crippen LogP contribution in [0.5, 0.6) is 5.75 Å². The average molecular weight is 291 g/mol. The first-order chi connectivity index (χ1) is 9.74. The molecule has 0 aliphatic carbocycles. The molecule has 2 heterocycles. The predicted octanol–water partition coefficient (Wildman–Crippen LogP) is 2.27. The Balaban J connectivity index is 2.01. The fourth-order valence-electron chi connectivity index (χ4n) is 2.33. The summed E-state index contributed by atoms with van der Waals surface area (Å²) in [5.41, 5.74) is 2.64. The lowest BCUT2D eigenvalue weighted by molar-refractivity contribution is 0.477. The highest BCUT2D eigenvalue weighted by Crippen LogP contribution is 2.29. The Morgan fingerprint density at radius 1 is 1.15 bits per heavy atom. The van der Waals surface area contributed by atoms with Crippen LogP contribution in [0.4, 0.5) is 11.5 Å². The number of halogens is 1. The van der Waals surface area contributed by atoms with E-state index in [4.69, 9.17) is 11.6 Å². The molecule has 0 spiro atoms. The van der Waals surface area contributed by atoms with E-state index in [2.05, 4.69) is 20.6 Å². The van der Waals surface area contributed by atoms with Gasteiger partial charge in [0.1, 0.15) is 11.6 Å². The predicted molar refractivity (Wildman–Crippen MR) is 78.7 cm³/mol. The zero-order valence-corrected chi connectivity index (χ0v) is 11.6. The van der Waals surface area contributed by atoms with Gasteiger partial charge in [-0.25, -0.2) is 9.97 Å². The summed E-state index contributed by atoms with van der Waals surface area (Å²) in [5, 5.41) is 16.6. The van der Waals surface area contributed by atoms with Gasteiger partial charge in [-0.15, -0.1) is 0 Å². The molecular weight excluding hydrogens is 276 g/mol. The molecule has 5 nitrogen and oxygen atoms in total. The summed E-state index contributed by atoms with van der Waals surface area (Å²) in [6.07, 6.45) is 1.66. The molecule has 0 atom stereocenters. The van der Waals surface area contributed by atoms with Crippen molar-refractivity contribution in [3.63, 3.8) is 0 Å². The summed E-state index contributed by atoms with van der Waals surface area (Å²) in [6.45, 7) is 1.77. The number of aromatic nitrogens is 2. The summed E-state index contributed by atoms with van der Waals surface area (Å²) >= 11 is 6.00. The van der Waals surface area contributed by atoms with Gasteiger partial charge in [0.05, 0.1) is 11.4 Å². The highest BCUT2D eigenvalue weighted by atomic mass is 35.5. The van der Waals surface area contributed by atoms with Crippen molar-refractivity contribution in [2.75, 3.05) is 18.4 Å². The molecule has 0 saturated heterocycles. The van der Waals surface area contributed by atoms with Crippen LogP contribution in [0.25, 0.3) is 0 Å². The van der Waals surface area contributed by atoms with E-state index in [1.54, 1.807) is 18.2 Å². The van der Waals surface area contributed by atoms with Crippen molar-refractivity contribution >= 4 is 23.1 Å². The molecular formula is C14H15ClN4O. The van der Waals surface area contributed by atoms with Crippen molar-refractivity contribution in [3.05, 3.63) is 40.8 Å². The maximum absolute atomic E-state index is 9.85. The van der Waals surface area contributed by atoms with Crippen molar-refractivity contribution in [1.29, 1.82) is 0 Å². The van der Waals surface area contributed by atoms with Crippen LogP contribution in [0, 0.1) is 0 Å². The van der Waals surface area contributed by atoms with Crippen LogP contribution in [0.2, 0.25) is 5.28 Å². The molecule has 20 heavy (non-hydrogen) atoms. The maximum atomic E-state index is 9.85. The minimum Gasteiger partial charge on any atom is -0.506 e. The smallest absolute Gasteiger partial charge is 0.224 e. The molecule has 1 aromatic carbocycles. The summed E-state index contributed by atoms with van der Waals surface area (Å²) < 4.78 is 0. The number of aromatic hydroxyl groups is 1. The van der Waals surface area contributed by atoms with Crippen LogP contribution in [0.15, 0.2) is 24.3 Å². The fourth-order valence-corrected chi connectivity index (χ4v) is 2.51. The molecule has 0 fully saturated rings. The third kappa shape index (κ3) is 2.69. The van der Waals surface area contributed by atoms with Crippen molar-refractivity contribution < 1.29 is 5.11 Å². The van der Waals surface area contributed by atoms with Crippen LogP contribution in [0.1, 0.15) is 11.3 Å². The molecule has 2 aromatic rings. The van der Waals surface area contributed by atoms with Crippen molar-refractivity contribution in [2.45, 2.75) is 12.8 Å². The number of nitrogens with one attached hydrogen (secondary N) is 2. The fraction of sp³-hybridized carbons (Fsp3) is 0.286. The van der Waals surface area contributed by atoms with E-state index in [-0.39, 0.29) is 11.0 Å². The molecule has 104 valence electrons. The number of phenols is 1. The summed E-state index contributed by atoms with van der Waals surface area (Å²) in [7, 11) is 0. The first-order valence-electron chi connectivity index (χ1n) is 6.55. The van der Waals surface area contributed by atoms with E-state index in [0.717, 1.165) is 37.2 Å². The van der Waals surface area contributed by atoms with Gasteiger partial charge in [0.15, 0.2) is 0 Å². The lowest BCUT2D eigenvalue weighted by Crippen LogP contribution is -2.16. The van der Waals surface area contributed by atoms with E-state index in [1.165, 1.54) is 0 Å². The van der Waals surface area contributed by atoms with Crippen molar-refractivity contribution in [2.24, 2.45) is 0 Å². The second kappa shape index (κ2) is 5.64. The van der Waals surface area contributed by atoms with Crippen LogP contribution < -0.4 is 10.6 Å². The SMILES string of the molecule is Oc1ccccc1Nc1nc(Cl)nc2c1CCNCC2. The number of benzene rings is 1. The molecule has 1 aromatic heterocycles. The number of nitrogens with zero attached hydrogens (tertiary/aromatic N) is 2. The second-order valence-corrected chi connectivity index (χ2v) is 5.00. The minimum atomic E-state index is 0.183. The molecule has 0 bridgehead atoms. The zero-order valence-electron chi connectivity index (χ0n) is 10.9. The number of para-hydroxylation sites is 2. The number of hydrogen-bond acceptors (Lipinski definition) is 5. The van der Waals surface area contributed by atoms with E-state index >= 15 is 0 Å². The van der Waals surface area contributed by atoms with Gasteiger partial charge in [0.2, 0.25) is 5.28 Å². The molecule has 1 aliphatic heterocycles. The molecule has 6 heteroatoms. The van der Waals surface area contributed by atoms with Crippen LogP contribution >= 0.6 is 11.6 Å². The number of rotatable bonds is 2. The molecule has 0 unspecified atom stereocenters. The third-order valence-corrected chi connectivity index (χ3v) is 3.48. The number of phenolic OH excluding ortho intramolecular Hbond substituents is 1. The molecule has 3 rings (SSSR count). The monoisotopic (exact) mass is 290 g/mol. The Morgan fingerprint density at radius 2 is 1.95 bits per heavy atom. The van der Waals surface area contributed by atoms with E-state index in [1.807, 2.05) is 6.07 Å². The van der Waals surface area contributed by atoms with Gasteiger partial charge in [0.25, 0.3) is 0 Å². The molecule has 0 radical (unpaired) electrons. The van der Waals surface area contributed by atoms with Crippen LogP contribution in [-0.2, 0) is 12.8 Å². The molecule has 1 aliphatic rings. The minimum absolute atomic E-state index is 0.183. The second-order valence-electron chi connectivity index (χ2n) is 4.66. The number of hydrogen-bond donors (Lipinski definition) is 3. The van der Waals surface area contributed by atoms with Crippen molar-refractivity contribution in [1.82, 2.24) is 15.3 Å². The Hall–Kier alpha value is -1.85. The van der Waals surface area contributed by atoms with Gasteiger partial charge in [-0.3, -0.25) is 0 Å². The van der Waals surface area contributed by atoms with Gasteiger partial charge < -0.3 is 15.7 Å². The van der Waals surface area contributed by atoms with Gasteiger partial charge >= 0.3 is 0 Å². The van der Waals surface area contributed by atoms with E-state index in [0.29, 0.717) is 11.5 Å². The summed E-state index contributed by atoms with van der Waals surface area (Å²) in [5.74, 6) is 0.855. The first-order valence-corrected chi connectivity index (χ1v) is 6.93. The van der Waals surface area contributed by atoms with E-state index in [9.17, 15) is 5.11 Å². The molecule has 0 saturated carbocycles. The van der Waals surface area contributed by atoms with Crippen LogP contribution in [-0.4, -0.2) is 28.2 Å². The summed E-state index contributed by atoms with van der Waals surface area (Å²) in [4.78, 5) is 8.58. The Bertz CT molecular complexity index is 633. The average Bonchev–Trinajstić information content (AvgIpc) is 2.66. The molecule has 0 amide bonds. The Morgan fingerprint density at radius 3 is 2.80 bits per heavy atom. The van der Waals surface area contributed by atoms with Crippen LogP contribution in [0.3, 0.4) is 0 Å². The maximum Gasteiger partial charge on any atom is 0.224 e. The van der Waals surface area contributed by atoms with Gasteiger partial charge in [-0.05, 0) is 36.7 Å². The first kappa shape index (κ1) is 13.1. The number of anilines is 2. The van der Waals surface area contributed by atoms with Gasteiger partial charge in [-0.2, -0.15) is 0 Å². The standard InChI is InChI=1S/C14H15ClN4O/c15-14-18-10-6-8-16-7-5-9(10)13(19-14)17-11-3-1-2-4-12(11)20/h1-4,16,20H,5-8H2,(H,17,18,19). The largest absolute Gasteiger partial charge is 0.506 e. The summed E-state index contributed by atoms with van der Waals surface area (Å²) in [6, 6.07) is 7.06. The topological polar surface area (TPSA) is 70.1 Å². The Labute approximate surface area is 122 Å². The number of fused-ring (bicyclic) bond motifs is 1. The normalized spacial score (nSPS) is 14.4. The van der Waals surface area contributed by atoms with Gasteiger partial charge in [0, 0.05) is 18.5 Å². The van der Waals surface area contributed by atoms with Gasteiger partial charge in [-0.1, -0.05) is 12.1 Å². The quantitative estimate of drug-likeness (QED) is 0.585. The highest BCUT2D eigenvalue weighted by Gasteiger charge is 2.16. The van der Waals surface area contributed by atoms with E-state index < -0.39 is 0 Å². The van der Waals surface area contributed by atoms with Crippen molar-refractivity contribution in [3.8, 4) is 5.75 Å². The lowest BCUT2D eigenvalue weighted by atomic mass is 10.1.